The van der Waals surface area contributed by atoms with Gasteiger partial charge in [-0.15, -0.1) is 0 Å². The largest absolute Gasteiger partial charge is 0.331 e. The zero-order valence-corrected chi connectivity index (χ0v) is 11.6. The van der Waals surface area contributed by atoms with E-state index < -0.39 is 0 Å². The fourth-order valence-corrected chi connectivity index (χ4v) is 2.13. The number of rotatable bonds is 5. The third-order valence-electron chi connectivity index (χ3n) is 3.26. The Labute approximate surface area is 113 Å². The lowest BCUT2D eigenvalue weighted by atomic mass is 10.1. The highest BCUT2D eigenvalue weighted by Crippen LogP contribution is 2.17. The molecule has 2 aromatic rings. The van der Waals surface area contributed by atoms with E-state index in [1.165, 1.54) is 6.07 Å². The van der Waals surface area contributed by atoms with Gasteiger partial charge in [0.1, 0.15) is 5.82 Å². The summed E-state index contributed by atoms with van der Waals surface area (Å²) in [6.45, 7) is 6.87. The summed E-state index contributed by atoms with van der Waals surface area (Å²) in [5, 5.41) is 3.34. The van der Waals surface area contributed by atoms with Gasteiger partial charge in [0.05, 0.1) is 12.0 Å². The van der Waals surface area contributed by atoms with E-state index in [1.54, 1.807) is 6.07 Å². The predicted octanol–water partition coefficient (Wildman–Crippen LogP) is 3.45. The summed E-state index contributed by atoms with van der Waals surface area (Å²) in [4.78, 5) is 4.16. The van der Waals surface area contributed by atoms with Gasteiger partial charge in [-0.2, -0.15) is 0 Å². The molecule has 0 spiro atoms. The van der Waals surface area contributed by atoms with E-state index in [0.717, 1.165) is 5.69 Å². The fourth-order valence-electron chi connectivity index (χ4n) is 2.13. The number of nitrogens with one attached hydrogen (secondary N) is 1. The summed E-state index contributed by atoms with van der Waals surface area (Å²) < 4.78 is 15.8. The van der Waals surface area contributed by atoms with Crippen molar-refractivity contribution in [1.29, 1.82) is 0 Å². The minimum Gasteiger partial charge on any atom is -0.331 e. The Morgan fingerprint density at radius 2 is 2.00 bits per heavy atom. The van der Waals surface area contributed by atoms with Gasteiger partial charge >= 0.3 is 0 Å². The smallest absolute Gasteiger partial charge is 0.127 e. The number of benzene rings is 1. The Hall–Kier alpha value is -1.68. The minimum atomic E-state index is -0.167. The number of hydrogen-bond donors (Lipinski definition) is 1. The van der Waals surface area contributed by atoms with Crippen LogP contribution in [0.2, 0.25) is 0 Å². The lowest BCUT2D eigenvalue weighted by Crippen LogP contribution is -2.21. The van der Waals surface area contributed by atoms with Crippen LogP contribution in [0, 0.1) is 5.82 Å². The summed E-state index contributed by atoms with van der Waals surface area (Å²) in [5.74, 6) is -0.167. The van der Waals surface area contributed by atoms with Gasteiger partial charge in [0.25, 0.3) is 0 Å². The van der Waals surface area contributed by atoms with Crippen molar-refractivity contribution >= 4 is 0 Å². The summed E-state index contributed by atoms with van der Waals surface area (Å²) in [7, 11) is 0. The summed E-state index contributed by atoms with van der Waals surface area (Å²) in [6, 6.07) is 7.22. The molecule has 0 aliphatic rings. The van der Waals surface area contributed by atoms with Crippen molar-refractivity contribution in [2.75, 3.05) is 0 Å². The molecule has 0 aliphatic carbocycles. The van der Waals surface area contributed by atoms with Crippen molar-refractivity contribution in [3.05, 3.63) is 53.9 Å². The van der Waals surface area contributed by atoms with Gasteiger partial charge in [-0.25, -0.2) is 9.37 Å². The highest BCUT2D eigenvalue weighted by Gasteiger charge is 2.11. The van der Waals surface area contributed by atoms with Crippen molar-refractivity contribution in [3.63, 3.8) is 0 Å². The maximum atomic E-state index is 13.7. The van der Waals surface area contributed by atoms with Crippen molar-refractivity contribution in [3.8, 4) is 0 Å². The van der Waals surface area contributed by atoms with Gasteiger partial charge < -0.3 is 9.88 Å². The molecule has 0 bridgehead atoms. The molecule has 1 aromatic carbocycles. The van der Waals surface area contributed by atoms with Crippen molar-refractivity contribution in [2.24, 2.45) is 0 Å². The van der Waals surface area contributed by atoms with Crippen molar-refractivity contribution in [1.82, 2.24) is 14.9 Å². The van der Waals surface area contributed by atoms with E-state index in [-0.39, 0.29) is 11.9 Å². The van der Waals surface area contributed by atoms with Crippen molar-refractivity contribution < 1.29 is 4.39 Å². The molecule has 0 saturated heterocycles. The summed E-state index contributed by atoms with van der Waals surface area (Å²) >= 11 is 0. The van der Waals surface area contributed by atoms with Crippen LogP contribution in [0.3, 0.4) is 0 Å². The SMILES string of the molecule is CC(NCc1cncn1C(C)C)c1ccccc1F. The van der Waals surface area contributed by atoms with Gasteiger partial charge in [-0.3, -0.25) is 0 Å². The van der Waals surface area contributed by atoms with Gasteiger partial charge in [0.15, 0.2) is 0 Å². The molecule has 1 atom stereocenters. The first-order valence-electron chi connectivity index (χ1n) is 6.58. The molecule has 0 aliphatic heterocycles. The van der Waals surface area contributed by atoms with E-state index in [1.807, 2.05) is 31.6 Å². The van der Waals surface area contributed by atoms with E-state index in [2.05, 4.69) is 28.7 Å². The van der Waals surface area contributed by atoms with Gasteiger partial charge in [-0.05, 0) is 26.8 Å². The van der Waals surface area contributed by atoms with E-state index >= 15 is 0 Å². The van der Waals surface area contributed by atoms with Gasteiger partial charge in [0, 0.05) is 30.4 Å². The first-order chi connectivity index (χ1) is 9.09. The molecule has 0 radical (unpaired) electrons. The van der Waals surface area contributed by atoms with E-state index in [9.17, 15) is 4.39 Å². The Morgan fingerprint density at radius 1 is 1.26 bits per heavy atom. The highest BCUT2D eigenvalue weighted by molar-refractivity contribution is 5.20. The number of halogens is 1. The number of nitrogens with zero attached hydrogens (tertiary/aromatic N) is 2. The molecule has 1 unspecified atom stereocenters. The van der Waals surface area contributed by atoms with Crippen LogP contribution in [0.5, 0.6) is 0 Å². The summed E-state index contributed by atoms with van der Waals surface area (Å²) in [5.41, 5.74) is 1.80. The second kappa shape index (κ2) is 5.97. The molecule has 0 saturated carbocycles. The predicted molar refractivity (Wildman–Crippen MR) is 74.3 cm³/mol. The Balaban J connectivity index is 2.03. The molecule has 0 amide bonds. The first-order valence-corrected chi connectivity index (χ1v) is 6.58. The zero-order chi connectivity index (χ0) is 13.8. The van der Waals surface area contributed by atoms with E-state index in [4.69, 9.17) is 0 Å². The molecule has 19 heavy (non-hydrogen) atoms. The molecular weight excluding hydrogens is 241 g/mol. The standard InChI is InChI=1S/C15H20FN3/c1-11(2)19-10-17-8-13(19)9-18-12(3)14-6-4-5-7-15(14)16/h4-8,10-12,18H,9H2,1-3H3. The van der Waals surface area contributed by atoms with Crippen LogP contribution >= 0.6 is 0 Å². The highest BCUT2D eigenvalue weighted by atomic mass is 19.1. The van der Waals surface area contributed by atoms with Crippen LogP contribution < -0.4 is 5.32 Å². The van der Waals surface area contributed by atoms with Crippen LogP contribution in [-0.2, 0) is 6.54 Å². The number of imidazole rings is 1. The third-order valence-corrected chi connectivity index (χ3v) is 3.26. The molecule has 102 valence electrons. The maximum Gasteiger partial charge on any atom is 0.127 e. The Morgan fingerprint density at radius 3 is 2.68 bits per heavy atom. The normalized spacial score (nSPS) is 12.9. The van der Waals surface area contributed by atoms with E-state index in [0.29, 0.717) is 18.2 Å². The number of hydrogen-bond acceptors (Lipinski definition) is 2. The zero-order valence-electron chi connectivity index (χ0n) is 11.6. The second-order valence-electron chi connectivity index (χ2n) is 5.01. The average Bonchev–Trinajstić information content (AvgIpc) is 2.85. The number of aromatic nitrogens is 2. The molecule has 0 fully saturated rings. The Kier molecular flexibility index (Phi) is 4.32. The van der Waals surface area contributed by atoms with Crippen LogP contribution in [0.25, 0.3) is 0 Å². The monoisotopic (exact) mass is 261 g/mol. The molecule has 3 nitrogen and oxygen atoms in total. The summed E-state index contributed by atoms with van der Waals surface area (Å²) in [6.07, 6.45) is 3.68. The fraction of sp³-hybridized carbons (Fsp3) is 0.400. The van der Waals surface area contributed by atoms with Crippen LogP contribution in [0.1, 0.15) is 44.1 Å². The van der Waals surface area contributed by atoms with Gasteiger partial charge in [-0.1, -0.05) is 18.2 Å². The molecule has 1 N–H and O–H groups in total. The van der Waals surface area contributed by atoms with Gasteiger partial charge in [0.2, 0.25) is 0 Å². The average molecular weight is 261 g/mol. The quantitative estimate of drug-likeness (QED) is 0.893. The molecule has 4 heteroatoms. The molecule has 1 heterocycles. The molecule has 1 aromatic heterocycles. The van der Waals surface area contributed by atoms with Crippen molar-refractivity contribution in [2.45, 2.75) is 39.4 Å². The first kappa shape index (κ1) is 13.7. The van der Waals surface area contributed by atoms with Crippen LogP contribution in [-0.4, -0.2) is 9.55 Å². The maximum absolute atomic E-state index is 13.7. The lowest BCUT2D eigenvalue weighted by Gasteiger charge is -2.17. The minimum absolute atomic E-state index is 0.0308. The molecular formula is C15H20FN3. The van der Waals surface area contributed by atoms with Crippen LogP contribution in [0.4, 0.5) is 4.39 Å². The third kappa shape index (κ3) is 3.20. The van der Waals surface area contributed by atoms with Crippen LogP contribution in [0.15, 0.2) is 36.8 Å². The molecule has 2 rings (SSSR count). The lowest BCUT2D eigenvalue weighted by molar-refractivity contribution is 0.500. The topological polar surface area (TPSA) is 29.9 Å². The second-order valence-corrected chi connectivity index (χ2v) is 5.01. The Bertz CT molecular complexity index is 534.